The summed E-state index contributed by atoms with van der Waals surface area (Å²) in [6.07, 6.45) is -4.69. The lowest BCUT2D eigenvalue weighted by molar-refractivity contribution is -0.384. The topological polar surface area (TPSA) is 84.3 Å². The number of nitrogens with one attached hydrogen (secondary N) is 2. The van der Waals surface area contributed by atoms with Crippen LogP contribution in [0.2, 0.25) is 0 Å². The van der Waals surface area contributed by atoms with Crippen LogP contribution >= 0.6 is 0 Å². The van der Waals surface area contributed by atoms with Gasteiger partial charge in [0.15, 0.2) is 0 Å². The number of anilines is 1. The Morgan fingerprint density at radius 2 is 1.85 bits per heavy atom. The Balaban J connectivity index is 1.97. The van der Waals surface area contributed by atoms with Gasteiger partial charge in [-0.05, 0) is 36.8 Å². The first-order valence-electron chi connectivity index (χ1n) is 7.73. The van der Waals surface area contributed by atoms with Crippen LogP contribution in [0.3, 0.4) is 0 Å². The van der Waals surface area contributed by atoms with Crippen LogP contribution in [0, 0.1) is 22.9 Å². The average molecular weight is 385 g/mol. The number of nitrogens with zero attached hydrogens (tertiary/aromatic N) is 1. The summed E-state index contributed by atoms with van der Waals surface area (Å²) in [5, 5.41) is 16.1. The molecule has 6 nitrogen and oxygen atoms in total. The number of carbonyl (C=O) groups excluding carboxylic acids is 1. The van der Waals surface area contributed by atoms with Crippen LogP contribution in [0.15, 0.2) is 36.4 Å². The molecule has 144 valence electrons. The Labute approximate surface area is 151 Å². The second-order valence-electron chi connectivity index (χ2n) is 5.63. The van der Waals surface area contributed by atoms with E-state index in [0.29, 0.717) is 11.6 Å². The maximum Gasteiger partial charge on any atom is 0.416 e. The molecule has 0 aliphatic rings. The van der Waals surface area contributed by atoms with Crippen molar-refractivity contribution in [3.8, 4) is 0 Å². The fourth-order valence-electron chi connectivity index (χ4n) is 2.22. The Hall–Kier alpha value is -3.17. The largest absolute Gasteiger partial charge is 0.416 e. The van der Waals surface area contributed by atoms with Crippen molar-refractivity contribution in [1.29, 1.82) is 0 Å². The number of halogens is 4. The molecule has 0 unspecified atom stereocenters. The van der Waals surface area contributed by atoms with E-state index in [0.717, 1.165) is 18.2 Å². The second-order valence-corrected chi connectivity index (χ2v) is 5.63. The molecule has 1 amide bonds. The first-order chi connectivity index (χ1) is 12.6. The van der Waals surface area contributed by atoms with Gasteiger partial charge >= 0.3 is 6.18 Å². The number of benzene rings is 2. The van der Waals surface area contributed by atoms with Crippen molar-refractivity contribution in [2.45, 2.75) is 13.1 Å². The van der Waals surface area contributed by atoms with Crippen LogP contribution in [-0.4, -0.2) is 23.9 Å². The Morgan fingerprint density at radius 1 is 1.15 bits per heavy atom. The smallest absolute Gasteiger partial charge is 0.378 e. The van der Waals surface area contributed by atoms with E-state index in [4.69, 9.17) is 0 Å². The molecule has 27 heavy (non-hydrogen) atoms. The lowest BCUT2D eigenvalue weighted by atomic mass is 10.1. The molecule has 0 bridgehead atoms. The maximum atomic E-state index is 13.4. The van der Waals surface area contributed by atoms with Crippen molar-refractivity contribution in [3.63, 3.8) is 0 Å². The monoisotopic (exact) mass is 385 g/mol. The van der Waals surface area contributed by atoms with Crippen molar-refractivity contribution >= 4 is 17.3 Å². The lowest BCUT2D eigenvalue weighted by Gasteiger charge is -2.11. The van der Waals surface area contributed by atoms with Crippen molar-refractivity contribution < 1.29 is 27.3 Å². The number of carbonyl (C=O) groups is 1. The van der Waals surface area contributed by atoms with Crippen LogP contribution < -0.4 is 10.6 Å². The third kappa shape index (κ3) is 5.16. The summed E-state index contributed by atoms with van der Waals surface area (Å²) in [5.41, 5.74) is -1.46. The highest BCUT2D eigenvalue weighted by molar-refractivity contribution is 5.94. The molecule has 2 aromatic rings. The molecule has 0 aliphatic heterocycles. The first kappa shape index (κ1) is 20.1. The number of amides is 1. The van der Waals surface area contributed by atoms with Gasteiger partial charge in [0, 0.05) is 24.7 Å². The van der Waals surface area contributed by atoms with E-state index in [-0.39, 0.29) is 24.3 Å². The molecule has 10 heteroatoms. The highest BCUT2D eigenvalue weighted by Gasteiger charge is 2.32. The van der Waals surface area contributed by atoms with Gasteiger partial charge in [0.25, 0.3) is 11.6 Å². The maximum absolute atomic E-state index is 13.4. The van der Waals surface area contributed by atoms with Crippen LogP contribution in [0.1, 0.15) is 21.5 Å². The number of hydrogen-bond donors (Lipinski definition) is 2. The van der Waals surface area contributed by atoms with E-state index >= 15 is 0 Å². The predicted octanol–water partition coefficient (Wildman–Crippen LogP) is 3.90. The Kier molecular flexibility index (Phi) is 5.98. The number of alkyl halides is 3. The van der Waals surface area contributed by atoms with Gasteiger partial charge in [-0.2, -0.15) is 13.2 Å². The predicted molar refractivity (Wildman–Crippen MR) is 90.1 cm³/mol. The summed E-state index contributed by atoms with van der Waals surface area (Å²) in [7, 11) is 0. The van der Waals surface area contributed by atoms with E-state index < -0.39 is 34.1 Å². The zero-order chi connectivity index (χ0) is 20.2. The minimum Gasteiger partial charge on any atom is -0.378 e. The summed E-state index contributed by atoms with van der Waals surface area (Å²) < 4.78 is 51.4. The average Bonchev–Trinajstić information content (AvgIpc) is 2.59. The van der Waals surface area contributed by atoms with Gasteiger partial charge in [0.1, 0.15) is 11.5 Å². The number of rotatable bonds is 6. The molecule has 0 atom stereocenters. The minimum atomic E-state index is -4.69. The summed E-state index contributed by atoms with van der Waals surface area (Å²) >= 11 is 0. The normalized spacial score (nSPS) is 11.1. The molecule has 0 heterocycles. The molecule has 0 saturated carbocycles. The zero-order valence-electron chi connectivity index (χ0n) is 14.1. The summed E-state index contributed by atoms with van der Waals surface area (Å²) in [6, 6.07) is 6.10. The molecule has 0 saturated heterocycles. The van der Waals surface area contributed by atoms with Crippen molar-refractivity contribution in [2.24, 2.45) is 0 Å². The standard InChI is InChI=1S/C17H15F4N3O3/c1-10-2-3-11(8-13(10)18)16(25)23-7-6-22-14-5-4-12(17(19,20)21)9-15(14)24(26)27/h2-5,8-9,22H,6-7H2,1H3,(H,23,25). The molecular formula is C17H15F4N3O3. The summed E-state index contributed by atoms with van der Waals surface area (Å²) in [5.74, 6) is -1.07. The van der Waals surface area contributed by atoms with E-state index in [9.17, 15) is 32.5 Å². The van der Waals surface area contributed by atoms with E-state index in [1.807, 2.05) is 0 Å². The first-order valence-corrected chi connectivity index (χ1v) is 7.73. The summed E-state index contributed by atoms with van der Waals surface area (Å²) in [6.45, 7) is 1.59. The number of aryl methyl sites for hydroxylation is 1. The molecule has 0 radical (unpaired) electrons. The fourth-order valence-corrected chi connectivity index (χ4v) is 2.22. The van der Waals surface area contributed by atoms with Crippen molar-refractivity contribution in [2.75, 3.05) is 18.4 Å². The third-order valence-corrected chi connectivity index (χ3v) is 3.68. The van der Waals surface area contributed by atoms with Gasteiger partial charge in [0.2, 0.25) is 0 Å². The van der Waals surface area contributed by atoms with Crippen molar-refractivity contribution in [1.82, 2.24) is 5.32 Å². The molecule has 0 fully saturated rings. The molecular weight excluding hydrogens is 370 g/mol. The van der Waals surface area contributed by atoms with Gasteiger partial charge in [-0.3, -0.25) is 14.9 Å². The molecule has 0 aliphatic carbocycles. The molecule has 2 rings (SSSR count). The Bertz CT molecular complexity index is 869. The zero-order valence-corrected chi connectivity index (χ0v) is 14.1. The number of nitro benzene ring substituents is 1. The summed E-state index contributed by atoms with van der Waals surface area (Å²) in [4.78, 5) is 22.0. The van der Waals surface area contributed by atoms with Crippen LogP contribution in [0.4, 0.5) is 28.9 Å². The van der Waals surface area contributed by atoms with Gasteiger partial charge in [0.05, 0.1) is 10.5 Å². The fraction of sp³-hybridized carbons (Fsp3) is 0.235. The van der Waals surface area contributed by atoms with Crippen LogP contribution in [0.5, 0.6) is 0 Å². The van der Waals surface area contributed by atoms with Gasteiger partial charge in [-0.25, -0.2) is 4.39 Å². The lowest BCUT2D eigenvalue weighted by Crippen LogP contribution is -2.29. The number of nitro groups is 1. The SMILES string of the molecule is Cc1ccc(C(=O)NCCNc2ccc(C(F)(F)F)cc2[N+](=O)[O-])cc1F. The van der Waals surface area contributed by atoms with Gasteiger partial charge < -0.3 is 10.6 Å². The quantitative estimate of drug-likeness (QED) is 0.342. The van der Waals surface area contributed by atoms with E-state index in [1.54, 1.807) is 6.92 Å². The minimum absolute atomic E-state index is 0.0201. The highest BCUT2D eigenvalue weighted by Crippen LogP contribution is 2.34. The molecule has 2 N–H and O–H groups in total. The van der Waals surface area contributed by atoms with E-state index in [2.05, 4.69) is 10.6 Å². The van der Waals surface area contributed by atoms with Crippen molar-refractivity contribution in [3.05, 3.63) is 69.0 Å². The van der Waals surface area contributed by atoms with Gasteiger partial charge in [-0.15, -0.1) is 0 Å². The molecule has 0 spiro atoms. The molecule has 0 aromatic heterocycles. The van der Waals surface area contributed by atoms with Crippen LogP contribution in [0.25, 0.3) is 0 Å². The second kappa shape index (κ2) is 8.02. The van der Waals surface area contributed by atoms with E-state index in [1.165, 1.54) is 12.1 Å². The van der Waals surface area contributed by atoms with Crippen LogP contribution in [-0.2, 0) is 6.18 Å². The Morgan fingerprint density at radius 3 is 2.44 bits per heavy atom. The molecule has 2 aromatic carbocycles. The number of hydrogen-bond acceptors (Lipinski definition) is 4. The van der Waals surface area contributed by atoms with Gasteiger partial charge in [-0.1, -0.05) is 6.07 Å². The third-order valence-electron chi connectivity index (χ3n) is 3.68. The highest BCUT2D eigenvalue weighted by atomic mass is 19.4.